The first-order valence-electron chi connectivity index (χ1n) is 11.8. The van der Waals surface area contributed by atoms with Gasteiger partial charge in [0.25, 0.3) is 0 Å². The Kier molecular flexibility index (Phi) is 7.93. The van der Waals surface area contributed by atoms with Crippen LogP contribution in [0.25, 0.3) is 0 Å². The van der Waals surface area contributed by atoms with E-state index in [1.54, 1.807) is 4.68 Å². The Balaban J connectivity index is 1.40. The quantitative estimate of drug-likeness (QED) is 0.183. The van der Waals surface area contributed by atoms with Gasteiger partial charge in [0.15, 0.2) is 0 Å². The average Bonchev–Trinajstić information content (AvgIpc) is 3.34. The number of aromatic nitrogens is 3. The number of nitrogens with zero attached hydrogens (tertiary/aromatic N) is 3. The van der Waals surface area contributed by atoms with Crippen LogP contribution in [0.1, 0.15) is 29.7 Å². The van der Waals surface area contributed by atoms with Gasteiger partial charge in [-0.25, -0.2) is 9.48 Å². The van der Waals surface area contributed by atoms with Gasteiger partial charge in [0.2, 0.25) is 11.1 Å². The van der Waals surface area contributed by atoms with Gasteiger partial charge in [-0.2, -0.15) is 4.98 Å². The number of rotatable bonds is 8. The second kappa shape index (κ2) is 11.5. The summed E-state index contributed by atoms with van der Waals surface area (Å²) >= 11 is 13.8. The van der Waals surface area contributed by atoms with E-state index in [9.17, 15) is 4.79 Å². The smallest absolute Gasteiger partial charge is 0.338 e. The molecule has 0 saturated heterocycles. The number of allylic oxidation sites excluding steroid dienone is 1. The molecule has 1 atom stereocenters. The molecule has 0 bridgehead atoms. The molecule has 0 radical (unpaired) electrons. The van der Waals surface area contributed by atoms with Crippen LogP contribution in [0.5, 0.6) is 5.75 Å². The number of nitrogens with one attached hydrogen (secondary N) is 1. The van der Waals surface area contributed by atoms with Crippen LogP contribution < -0.4 is 10.1 Å². The first kappa shape index (κ1) is 26.2. The minimum Gasteiger partial charge on any atom is -0.489 e. The van der Waals surface area contributed by atoms with Crippen LogP contribution in [0.4, 0.5) is 5.95 Å². The van der Waals surface area contributed by atoms with Crippen LogP contribution in [0.3, 0.4) is 0 Å². The zero-order chi connectivity index (χ0) is 26.6. The highest BCUT2D eigenvalue weighted by molar-refractivity contribution is 7.98. The van der Waals surface area contributed by atoms with Gasteiger partial charge in [-0.05, 0) is 53.9 Å². The molecule has 2 heterocycles. The number of fused-ring (bicyclic) bond motifs is 1. The van der Waals surface area contributed by atoms with Crippen LogP contribution in [0.2, 0.25) is 10.0 Å². The second-order valence-corrected chi connectivity index (χ2v) is 10.4. The van der Waals surface area contributed by atoms with Crippen molar-refractivity contribution < 1.29 is 14.3 Å². The molecule has 4 aromatic rings. The lowest BCUT2D eigenvalue weighted by molar-refractivity contribution is -0.136. The highest BCUT2D eigenvalue weighted by Crippen LogP contribution is 2.37. The second-order valence-electron chi connectivity index (χ2n) is 8.58. The Morgan fingerprint density at radius 3 is 2.50 bits per heavy atom. The van der Waals surface area contributed by atoms with E-state index in [1.165, 1.54) is 18.9 Å². The standard InChI is InChI=1S/C28H24Cl2N4O3S/c1-17-24(26(35)36-2)25(19-9-13-22(14-10-19)37-15-18-7-11-21(29)12-8-18)34-27(31-17)32-28(33-34)38-16-20-5-3-4-6-23(20)30/h3-14,25H,15-16H2,1-2H3,(H,31,32,33). The highest BCUT2D eigenvalue weighted by atomic mass is 35.5. The summed E-state index contributed by atoms with van der Waals surface area (Å²) in [6, 6.07) is 22.3. The third kappa shape index (κ3) is 5.67. The van der Waals surface area contributed by atoms with Gasteiger partial charge >= 0.3 is 5.97 Å². The zero-order valence-electron chi connectivity index (χ0n) is 20.7. The van der Waals surface area contributed by atoms with Crippen molar-refractivity contribution in [3.63, 3.8) is 0 Å². The van der Waals surface area contributed by atoms with E-state index in [0.717, 1.165) is 16.7 Å². The summed E-state index contributed by atoms with van der Waals surface area (Å²) in [5, 5.41) is 9.89. The van der Waals surface area contributed by atoms with Crippen molar-refractivity contribution >= 4 is 46.9 Å². The number of ether oxygens (including phenoxy) is 2. The summed E-state index contributed by atoms with van der Waals surface area (Å²) in [5.74, 6) is 1.43. The molecule has 5 rings (SSSR count). The number of halogens is 2. The predicted octanol–water partition coefficient (Wildman–Crippen LogP) is 6.92. The lowest BCUT2D eigenvalue weighted by atomic mass is 9.96. The number of carbonyl (C=O) groups is 1. The zero-order valence-corrected chi connectivity index (χ0v) is 23.0. The molecule has 0 aliphatic carbocycles. The Morgan fingerprint density at radius 2 is 1.79 bits per heavy atom. The van der Waals surface area contributed by atoms with Gasteiger partial charge in [-0.1, -0.05) is 77.4 Å². The molecule has 0 spiro atoms. The molecule has 0 fully saturated rings. The van der Waals surface area contributed by atoms with Crippen molar-refractivity contribution in [1.82, 2.24) is 14.8 Å². The molecule has 1 aliphatic heterocycles. The molecule has 0 amide bonds. The van der Waals surface area contributed by atoms with Gasteiger partial charge in [0, 0.05) is 21.5 Å². The maximum Gasteiger partial charge on any atom is 0.338 e. The molecule has 1 aromatic heterocycles. The van der Waals surface area contributed by atoms with E-state index in [0.29, 0.717) is 50.5 Å². The Morgan fingerprint density at radius 1 is 1.05 bits per heavy atom. The molecule has 10 heteroatoms. The summed E-state index contributed by atoms with van der Waals surface area (Å²) in [4.78, 5) is 17.5. The monoisotopic (exact) mass is 566 g/mol. The first-order valence-corrected chi connectivity index (χ1v) is 13.5. The molecule has 0 saturated carbocycles. The normalized spacial score (nSPS) is 14.6. The van der Waals surface area contributed by atoms with Crippen molar-refractivity contribution in [3.05, 3.63) is 111 Å². The third-order valence-corrected chi connectivity index (χ3v) is 7.57. The Labute approximate surface area is 234 Å². The van der Waals surface area contributed by atoms with Crippen molar-refractivity contribution in [2.24, 2.45) is 0 Å². The van der Waals surface area contributed by atoms with Crippen LogP contribution in [-0.4, -0.2) is 27.8 Å². The van der Waals surface area contributed by atoms with E-state index in [1.807, 2.05) is 79.7 Å². The third-order valence-electron chi connectivity index (χ3n) is 6.07. The lowest BCUT2D eigenvalue weighted by Gasteiger charge is -2.27. The average molecular weight is 567 g/mol. The van der Waals surface area contributed by atoms with Gasteiger partial charge in [0.1, 0.15) is 18.4 Å². The summed E-state index contributed by atoms with van der Waals surface area (Å²) in [7, 11) is 1.37. The predicted molar refractivity (Wildman–Crippen MR) is 150 cm³/mol. The minimum atomic E-state index is -0.522. The minimum absolute atomic E-state index is 0.412. The van der Waals surface area contributed by atoms with E-state index in [-0.39, 0.29) is 0 Å². The topological polar surface area (TPSA) is 78.3 Å². The van der Waals surface area contributed by atoms with Crippen molar-refractivity contribution in [2.75, 3.05) is 12.4 Å². The molecule has 1 aliphatic rings. The summed E-state index contributed by atoms with van der Waals surface area (Å²) < 4.78 is 12.8. The maximum atomic E-state index is 12.8. The molecular formula is C28H24Cl2N4O3S. The number of carbonyl (C=O) groups excluding carboxylic acids is 1. The number of hydrogen-bond donors (Lipinski definition) is 1. The lowest BCUT2D eigenvalue weighted by Crippen LogP contribution is -2.29. The number of hydrogen-bond acceptors (Lipinski definition) is 7. The fourth-order valence-electron chi connectivity index (χ4n) is 4.13. The molecule has 1 N–H and O–H groups in total. The molecular weight excluding hydrogens is 543 g/mol. The number of thioether (sulfide) groups is 1. The number of anilines is 1. The first-order chi connectivity index (χ1) is 18.4. The Bertz CT molecular complexity index is 1490. The van der Waals surface area contributed by atoms with Gasteiger partial charge in [-0.3, -0.25) is 0 Å². The number of benzene rings is 3. The summed E-state index contributed by atoms with van der Waals surface area (Å²) in [6.07, 6.45) is 0. The highest BCUT2D eigenvalue weighted by Gasteiger charge is 2.35. The maximum absolute atomic E-state index is 12.8. The van der Waals surface area contributed by atoms with Crippen molar-refractivity contribution in [2.45, 2.75) is 30.5 Å². The van der Waals surface area contributed by atoms with Gasteiger partial charge in [0.05, 0.1) is 12.7 Å². The summed E-state index contributed by atoms with van der Waals surface area (Å²) in [5.41, 5.74) is 3.97. The SMILES string of the molecule is COC(=O)C1=C(C)Nc2nc(SCc3ccccc3Cl)nn2C1c1ccc(OCc2ccc(Cl)cc2)cc1. The summed E-state index contributed by atoms with van der Waals surface area (Å²) in [6.45, 7) is 2.24. The van der Waals surface area contributed by atoms with Crippen LogP contribution >= 0.6 is 35.0 Å². The van der Waals surface area contributed by atoms with E-state index in [2.05, 4.69) is 10.3 Å². The fraction of sp³-hybridized carbons (Fsp3) is 0.179. The van der Waals surface area contributed by atoms with Crippen LogP contribution in [0.15, 0.2) is 89.2 Å². The molecule has 1 unspecified atom stereocenters. The molecule has 3 aromatic carbocycles. The van der Waals surface area contributed by atoms with Crippen molar-refractivity contribution in [3.8, 4) is 5.75 Å². The van der Waals surface area contributed by atoms with Gasteiger partial charge < -0.3 is 14.8 Å². The fourth-order valence-corrected chi connectivity index (χ4v) is 5.37. The van der Waals surface area contributed by atoms with E-state index >= 15 is 0 Å². The van der Waals surface area contributed by atoms with Crippen LogP contribution in [0, 0.1) is 0 Å². The van der Waals surface area contributed by atoms with Crippen molar-refractivity contribution in [1.29, 1.82) is 0 Å². The number of esters is 1. The van der Waals surface area contributed by atoms with E-state index in [4.69, 9.17) is 37.8 Å². The van der Waals surface area contributed by atoms with E-state index < -0.39 is 12.0 Å². The molecule has 38 heavy (non-hydrogen) atoms. The number of methoxy groups -OCH3 is 1. The Hall–Kier alpha value is -3.46. The largest absolute Gasteiger partial charge is 0.489 e. The van der Waals surface area contributed by atoms with Gasteiger partial charge in [-0.15, -0.1) is 5.10 Å². The molecule has 7 nitrogen and oxygen atoms in total. The van der Waals surface area contributed by atoms with Crippen LogP contribution in [-0.2, 0) is 21.9 Å². The molecule has 194 valence electrons.